The van der Waals surface area contributed by atoms with Crippen molar-refractivity contribution in [3.05, 3.63) is 48.0 Å². The van der Waals surface area contributed by atoms with E-state index in [9.17, 15) is 9.59 Å². The molecule has 4 nitrogen and oxygen atoms in total. The molecule has 0 spiro atoms. The van der Waals surface area contributed by atoms with E-state index in [2.05, 4.69) is 11.9 Å². The van der Waals surface area contributed by atoms with E-state index in [1.54, 1.807) is 31.2 Å². The molecule has 1 aromatic rings. The Labute approximate surface area is 114 Å². The van der Waals surface area contributed by atoms with Crippen LogP contribution in [0.4, 0.5) is 0 Å². The number of rotatable bonds is 6. The molecular formula is C15H19NO3. The molecule has 0 radical (unpaired) electrons. The van der Waals surface area contributed by atoms with Gasteiger partial charge < -0.3 is 10.1 Å². The molecule has 1 aromatic carbocycles. The third-order valence-corrected chi connectivity index (χ3v) is 2.45. The first-order valence-corrected chi connectivity index (χ1v) is 6.10. The molecule has 0 saturated carbocycles. The van der Waals surface area contributed by atoms with Crippen LogP contribution in [0.3, 0.4) is 0 Å². The second kappa shape index (κ2) is 7.36. The van der Waals surface area contributed by atoms with Crippen LogP contribution in [0.5, 0.6) is 0 Å². The summed E-state index contributed by atoms with van der Waals surface area (Å²) in [7, 11) is 0. The summed E-state index contributed by atoms with van der Waals surface area (Å²) in [5.41, 5.74) is 1.41. The van der Waals surface area contributed by atoms with Gasteiger partial charge in [-0.25, -0.2) is 4.79 Å². The Kier molecular flexibility index (Phi) is 5.17. The maximum absolute atomic E-state index is 12.1. The molecule has 0 bridgehead atoms. The van der Waals surface area contributed by atoms with Crippen LogP contribution in [0.1, 0.15) is 30.6 Å². The van der Waals surface area contributed by atoms with Crippen LogP contribution >= 0.6 is 0 Å². The van der Waals surface area contributed by atoms with Crippen LogP contribution < -0.4 is 5.32 Å². The zero-order valence-electron chi connectivity index (χ0n) is 12.2. The van der Waals surface area contributed by atoms with Crippen LogP contribution in [0.25, 0.3) is 0 Å². The largest absolute Gasteiger partial charge is 0.464 e. The zero-order valence-corrected chi connectivity index (χ0v) is 11.2. The minimum atomic E-state index is -1.85. The van der Waals surface area contributed by atoms with Gasteiger partial charge in [0.25, 0.3) is 5.91 Å². The molecule has 1 atom stereocenters. The summed E-state index contributed by atoms with van der Waals surface area (Å²) >= 11 is 0. The average Bonchev–Trinajstić information content (AvgIpc) is 2.39. The summed E-state index contributed by atoms with van der Waals surface area (Å²) in [5, 5.41) is 2.40. The number of esters is 1. The Hall–Kier alpha value is -2.10. The maximum atomic E-state index is 12.1. The first kappa shape index (κ1) is 13.3. The summed E-state index contributed by atoms with van der Waals surface area (Å²) in [6.07, 6.45) is 1.38. The van der Waals surface area contributed by atoms with Gasteiger partial charge in [0.05, 0.1) is 7.98 Å². The van der Waals surface area contributed by atoms with Gasteiger partial charge in [-0.15, -0.1) is 6.58 Å². The number of carbonyl (C=O) groups is 2. The second-order valence-electron chi connectivity index (χ2n) is 4.01. The van der Waals surface area contributed by atoms with Gasteiger partial charge in [-0.1, -0.05) is 23.8 Å². The fourth-order valence-corrected chi connectivity index (χ4v) is 1.46. The van der Waals surface area contributed by atoms with Crippen molar-refractivity contribution in [1.29, 1.82) is 0 Å². The fourth-order valence-electron chi connectivity index (χ4n) is 1.46. The molecule has 0 saturated heterocycles. The monoisotopic (exact) mass is 262 g/mol. The van der Waals surface area contributed by atoms with E-state index in [-0.39, 0.29) is 13.0 Å². The molecule has 0 fully saturated rings. The van der Waals surface area contributed by atoms with Crippen LogP contribution in [-0.2, 0) is 9.53 Å². The molecule has 4 heteroatoms. The van der Waals surface area contributed by atoms with Crippen molar-refractivity contribution in [2.45, 2.75) is 26.3 Å². The summed E-state index contributed by atoms with van der Waals surface area (Å²) in [6.45, 7) is 7.21. The Morgan fingerprint density at radius 1 is 1.47 bits per heavy atom. The van der Waals surface area contributed by atoms with E-state index < -0.39 is 17.9 Å². The van der Waals surface area contributed by atoms with Crippen molar-refractivity contribution >= 4 is 11.9 Å². The lowest BCUT2D eigenvalue weighted by atomic mass is 10.1. The number of amides is 1. The number of hydrogen-bond acceptors (Lipinski definition) is 3. The summed E-state index contributed by atoms with van der Waals surface area (Å²) in [5.74, 6) is -1.28. The molecule has 0 unspecified atom stereocenters. The smallest absolute Gasteiger partial charge is 0.328 e. The van der Waals surface area contributed by atoms with Gasteiger partial charge in [0, 0.05) is 5.56 Å². The van der Waals surface area contributed by atoms with Crippen molar-refractivity contribution in [2.75, 3.05) is 6.61 Å². The Bertz CT molecular complexity index is 498. The molecule has 0 aliphatic carbocycles. The SMILES string of the molecule is [2H][C@@](CC=C)(NC(=O)c1ccc(C)cc1)C(=O)OCC. The number of ether oxygens (including phenoxy) is 1. The lowest BCUT2D eigenvalue weighted by molar-refractivity contribution is -0.145. The summed E-state index contributed by atoms with van der Waals surface area (Å²) in [4.78, 5) is 23.9. The molecule has 102 valence electrons. The minimum absolute atomic E-state index is 0.0244. The van der Waals surface area contributed by atoms with E-state index in [1.807, 2.05) is 6.92 Å². The molecule has 1 rings (SSSR count). The molecule has 0 aliphatic heterocycles. The van der Waals surface area contributed by atoms with E-state index in [4.69, 9.17) is 6.11 Å². The Morgan fingerprint density at radius 2 is 2.11 bits per heavy atom. The van der Waals surface area contributed by atoms with Gasteiger partial charge in [0.1, 0.15) is 6.02 Å². The minimum Gasteiger partial charge on any atom is -0.464 e. The molecule has 0 heterocycles. The van der Waals surface area contributed by atoms with Crippen molar-refractivity contribution in [2.24, 2.45) is 0 Å². The highest BCUT2D eigenvalue weighted by atomic mass is 16.5. The highest BCUT2D eigenvalue weighted by molar-refractivity contribution is 5.96. The van der Waals surface area contributed by atoms with Gasteiger partial charge in [0.15, 0.2) is 0 Å². The molecule has 1 N–H and O–H groups in total. The zero-order chi connectivity index (χ0) is 15.2. The van der Waals surface area contributed by atoms with E-state index >= 15 is 0 Å². The molecule has 1 amide bonds. The van der Waals surface area contributed by atoms with Gasteiger partial charge >= 0.3 is 5.97 Å². The molecule has 0 aliphatic rings. The summed E-state index contributed by atoms with van der Waals surface area (Å²) < 4.78 is 12.9. The summed E-state index contributed by atoms with van der Waals surface area (Å²) in [6, 6.07) is 5.02. The van der Waals surface area contributed by atoms with Crippen LogP contribution in [0.2, 0.25) is 0 Å². The predicted molar refractivity (Wildman–Crippen MR) is 73.9 cm³/mol. The quantitative estimate of drug-likeness (QED) is 0.632. The lowest BCUT2D eigenvalue weighted by Crippen LogP contribution is -2.41. The molecular weight excluding hydrogens is 242 g/mol. The van der Waals surface area contributed by atoms with Crippen LogP contribution in [0.15, 0.2) is 36.9 Å². The third kappa shape index (κ3) is 4.58. The average molecular weight is 262 g/mol. The Balaban J connectivity index is 2.89. The van der Waals surface area contributed by atoms with Gasteiger partial charge in [-0.2, -0.15) is 0 Å². The van der Waals surface area contributed by atoms with Crippen molar-refractivity contribution in [1.82, 2.24) is 5.32 Å². The van der Waals surface area contributed by atoms with Gasteiger partial charge in [-0.3, -0.25) is 4.79 Å². The topological polar surface area (TPSA) is 55.4 Å². The third-order valence-electron chi connectivity index (χ3n) is 2.45. The Morgan fingerprint density at radius 3 is 2.63 bits per heavy atom. The first-order chi connectivity index (χ1) is 9.42. The standard InChI is InChI=1S/C15H19NO3/c1-4-6-13(15(18)19-5-2)16-14(17)12-9-7-11(3)8-10-12/h4,7-10,13H,1,5-6H2,2-3H3,(H,16,17)/t13-/m0/s1/i13D. The predicted octanol–water partition coefficient (Wildman–Crippen LogP) is 2.23. The lowest BCUT2D eigenvalue weighted by Gasteiger charge is -2.15. The number of carbonyl (C=O) groups excluding carboxylic acids is 2. The van der Waals surface area contributed by atoms with E-state index in [0.29, 0.717) is 5.56 Å². The van der Waals surface area contributed by atoms with Crippen LogP contribution in [-0.4, -0.2) is 24.5 Å². The fraction of sp³-hybridized carbons (Fsp3) is 0.333. The normalized spacial score (nSPS) is 13.9. The van der Waals surface area contributed by atoms with Gasteiger partial charge in [0.2, 0.25) is 0 Å². The highest BCUT2D eigenvalue weighted by Gasteiger charge is 2.21. The van der Waals surface area contributed by atoms with Crippen molar-refractivity contribution in [3.8, 4) is 0 Å². The number of aryl methyl sites for hydroxylation is 1. The first-order valence-electron chi connectivity index (χ1n) is 6.60. The van der Waals surface area contributed by atoms with Gasteiger partial charge in [-0.05, 0) is 32.4 Å². The van der Waals surface area contributed by atoms with Crippen LogP contribution in [0, 0.1) is 6.92 Å². The second-order valence-corrected chi connectivity index (χ2v) is 4.01. The molecule has 0 aromatic heterocycles. The maximum Gasteiger partial charge on any atom is 0.328 e. The molecule has 19 heavy (non-hydrogen) atoms. The number of benzene rings is 1. The number of hydrogen-bond donors (Lipinski definition) is 1. The van der Waals surface area contributed by atoms with Crippen molar-refractivity contribution in [3.63, 3.8) is 0 Å². The number of nitrogens with one attached hydrogen (secondary N) is 1. The highest BCUT2D eigenvalue weighted by Crippen LogP contribution is 2.05. The van der Waals surface area contributed by atoms with E-state index in [0.717, 1.165) is 5.56 Å². The van der Waals surface area contributed by atoms with E-state index in [1.165, 1.54) is 6.08 Å². The van der Waals surface area contributed by atoms with Crippen molar-refractivity contribution < 1.29 is 15.7 Å².